The molecule has 4 aromatic rings. The van der Waals surface area contributed by atoms with Crippen molar-refractivity contribution >= 4 is 6.08 Å². The first kappa shape index (κ1) is 20.4. The second-order valence-electron chi connectivity index (χ2n) is 8.11. The van der Waals surface area contributed by atoms with Gasteiger partial charge in [-0.05, 0) is 34.8 Å². The van der Waals surface area contributed by atoms with Crippen LogP contribution in [0.3, 0.4) is 0 Å². The van der Waals surface area contributed by atoms with E-state index < -0.39 is 11.6 Å². The molecule has 5 nitrogen and oxygen atoms in total. The minimum absolute atomic E-state index is 0.498. The smallest absolute Gasteiger partial charge is 0.173 e. The van der Waals surface area contributed by atoms with E-state index >= 15 is 0 Å². The van der Waals surface area contributed by atoms with E-state index in [4.69, 9.17) is 0 Å². The molecule has 1 aliphatic rings. The molecule has 160 valence electrons. The fourth-order valence-corrected chi connectivity index (χ4v) is 4.84. The minimum Gasteiger partial charge on any atom is -0.389 e. The molecule has 0 amide bonds. The lowest BCUT2D eigenvalue weighted by Crippen LogP contribution is -2.52. The van der Waals surface area contributed by atoms with Crippen molar-refractivity contribution in [2.45, 2.75) is 18.1 Å². The molecular formula is C27H26N4O. The minimum atomic E-state index is -0.509. The number of aliphatic hydroxyl groups excluding tert-OH is 1. The third-order valence-electron chi connectivity index (χ3n) is 6.27. The van der Waals surface area contributed by atoms with Gasteiger partial charge in [-0.2, -0.15) is 5.10 Å². The first-order chi connectivity index (χ1) is 15.8. The van der Waals surface area contributed by atoms with Gasteiger partial charge >= 0.3 is 0 Å². The van der Waals surface area contributed by atoms with E-state index in [2.05, 4.69) is 111 Å². The molecule has 5 heteroatoms. The molecule has 1 aromatic heterocycles. The van der Waals surface area contributed by atoms with Crippen molar-refractivity contribution in [2.75, 3.05) is 13.1 Å². The van der Waals surface area contributed by atoms with Crippen molar-refractivity contribution in [3.8, 4) is 0 Å². The summed E-state index contributed by atoms with van der Waals surface area (Å²) in [5.41, 5.74) is 4.02. The summed E-state index contributed by atoms with van der Waals surface area (Å²) in [6, 6.07) is 31.9. The number of aliphatic hydroxyl groups is 1. The van der Waals surface area contributed by atoms with E-state index in [0.29, 0.717) is 18.8 Å². The van der Waals surface area contributed by atoms with Gasteiger partial charge < -0.3 is 5.11 Å². The summed E-state index contributed by atoms with van der Waals surface area (Å²) in [6.45, 7) is 1.36. The Hall–Kier alpha value is -3.54. The third kappa shape index (κ3) is 3.66. The number of H-pyrrole nitrogens is 1. The predicted octanol–water partition coefficient (Wildman–Crippen LogP) is 4.25. The summed E-state index contributed by atoms with van der Waals surface area (Å²) >= 11 is 0. The Bertz CT molecular complexity index is 1060. The number of benzene rings is 3. The van der Waals surface area contributed by atoms with E-state index in [1.807, 2.05) is 6.08 Å². The Morgan fingerprint density at radius 2 is 1.38 bits per heavy atom. The van der Waals surface area contributed by atoms with Crippen LogP contribution in [-0.2, 0) is 5.54 Å². The van der Waals surface area contributed by atoms with Gasteiger partial charge in [0.2, 0.25) is 0 Å². The number of piperidine rings is 1. The average Bonchev–Trinajstić information content (AvgIpc) is 3.37. The third-order valence-corrected chi connectivity index (χ3v) is 6.27. The van der Waals surface area contributed by atoms with Crippen molar-refractivity contribution in [1.82, 2.24) is 20.1 Å². The highest BCUT2D eigenvalue weighted by Crippen LogP contribution is 2.44. The predicted molar refractivity (Wildman–Crippen MR) is 126 cm³/mol. The first-order valence-corrected chi connectivity index (χ1v) is 10.9. The van der Waals surface area contributed by atoms with Crippen molar-refractivity contribution < 1.29 is 5.11 Å². The lowest BCUT2D eigenvalue weighted by Gasteiger charge is -2.48. The number of nitrogens with zero attached hydrogens (tertiary/aromatic N) is 3. The summed E-state index contributed by atoms with van der Waals surface area (Å²) in [4.78, 5) is 6.70. The van der Waals surface area contributed by atoms with Gasteiger partial charge in [0.25, 0.3) is 0 Å². The van der Waals surface area contributed by atoms with Gasteiger partial charge in [-0.15, -0.1) is 0 Å². The second-order valence-corrected chi connectivity index (χ2v) is 8.11. The molecule has 5 rings (SSSR count). The summed E-state index contributed by atoms with van der Waals surface area (Å²) in [6.07, 6.45) is 3.59. The van der Waals surface area contributed by atoms with E-state index in [9.17, 15) is 5.11 Å². The van der Waals surface area contributed by atoms with Crippen LogP contribution < -0.4 is 0 Å². The van der Waals surface area contributed by atoms with Crippen LogP contribution in [0, 0.1) is 0 Å². The highest BCUT2D eigenvalue weighted by molar-refractivity contribution is 5.52. The van der Waals surface area contributed by atoms with Gasteiger partial charge in [-0.1, -0.05) is 91.0 Å². The molecule has 1 atom stereocenters. The number of rotatable bonds is 5. The van der Waals surface area contributed by atoms with Gasteiger partial charge in [0.1, 0.15) is 6.33 Å². The Labute approximate surface area is 188 Å². The van der Waals surface area contributed by atoms with E-state index in [1.54, 1.807) is 6.33 Å². The monoisotopic (exact) mass is 422 g/mol. The maximum absolute atomic E-state index is 10.8. The van der Waals surface area contributed by atoms with Crippen LogP contribution >= 0.6 is 0 Å². The maximum Gasteiger partial charge on any atom is 0.173 e. The van der Waals surface area contributed by atoms with Gasteiger partial charge in [0.05, 0.1) is 11.6 Å². The van der Waals surface area contributed by atoms with Crippen LogP contribution in [-0.4, -0.2) is 44.4 Å². The number of hydrogen-bond donors (Lipinski definition) is 2. The van der Waals surface area contributed by atoms with Crippen molar-refractivity contribution in [3.05, 3.63) is 125 Å². The second kappa shape index (κ2) is 8.91. The normalized spacial score (nSPS) is 18.7. The molecule has 1 saturated heterocycles. The lowest BCUT2D eigenvalue weighted by molar-refractivity contribution is 0.0871. The van der Waals surface area contributed by atoms with E-state index in [-0.39, 0.29) is 0 Å². The Morgan fingerprint density at radius 3 is 1.84 bits per heavy atom. The molecule has 0 spiro atoms. The zero-order valence-corrected chi connectivity index (χ0v) is 17.8. The number of likely N-dealkylation sites (tertiary alicyclic amines) is 1. The SMILES string of the molecule is OC1CCN(C(c2ccccc2)(c2ccccc2)c2ccccc2)CC1=Cc1nc[nH]n1. The molecule has 0 saturated carbocycles. The van der Waals surface area contributed by atoms with Gasteiger partial charge in [-0.25, -0.2) is 4.98 Å². The zero-order chi connectivity index (χ0) is 21.8. The highest BCUT2D eigenvalue weighted by Gasteiger charge is 2.44. The van der Waals surface area contributed by atoms with Crippen molar-refractivity contribution in [3.63, 3.8) is 0 Å². The van der Waals surface area contributed by atoms with Crippen molar-refractivity contribution in [1.29, 1.82) is 0 Å². The Morgan fingerprint density at radius 1 is 0.844 bits per heavy atom. The summed E-state index contributed by atoms with van der Waals surface area (Å²) in [5.74, 6) is 0.589. The molecule has 3 aromatic carbocycles. The quantitative estimate of drug-likeness (QED) is 0.472. The topological polar surface area (TPSA) is 65.0 Å². The van der Waals surface area contributed by atoms with Crippen LogP contribution in [0.15, 0.2) is 103 Å². The molecule has 2 N–H and O–H groups in total. The van der Waals surface area contributed by atoms with Crippen LogP contribution in [0.4, 0.5) is 0 Å². The number of hydrogen-bond acceptors (Lipinski definition) is 4. The first-order valence-electron chi connectivity index (χ1n) is 10.9. The van der Waals surface area contributed by atoms with Crippen LogP contribution in [0.2, 0.25) is 0 Å². The fraction of sp³-hybridized carbons (Fsp3) is 0.185. The molecule has 1 fully saturated rings. The Kier molecular flexibility index (Phi) is 5.67. The molecule has 0 bridgehead atoms. The number of aromatic nitrogens is 3. The molecular weight excluding hydrogens is 396 g/mol. The highest BCUT2D eigenvalue weighted by atomic mass is 16.3. The summed E-state index contributed by atoms with van der Waals surface area (Å²) in [7, 11) is 0. The van der Waals surface area contributed by atoms with E-state index in [0.717, 1.165) is 12.1 Å². The molecule has 2 heterocycles. The molecule has 32 heavy (non-hydrogen) atoms. The van der Waals surface area contributed by atoms with E-state index in [1.165, 1.54) is 16.7 Å². The molecule has 0 aliphatic carbocycles. The zero-order valence-electron chi connectivity index (χ0n) is 17.8. The van der Waals surface area contributed by atoms with Crippen LogP contribution in [0.25, 0.3) is 6.08 Å². The Balaban J connectivity index is 1.71. The fourth-order valence-electron chi connectivity index (χ4n) is 4.84. The van der Waals surface area contributed by atoms with Gasteiger partial charge in [-0.3, -0.25) is 10.00 Å². The molecule has 1 unspecified atom stereocenters. The number of nitrogens with one attached hydrogen (secondary N) is 1. The van der Waals surface area contributed by atoms with Crippen molar-refractivity contribution in [2.24, 2.45) is 0 Å². The van der Waals surface area contributed by atoms with Crippen LogP contribution in [0.1, 0.15) is 28.9 Å². The summed E-state index contributed by atoms with van der Waals surface area (Å²) < 4.78 is 0. The largest absolute Gasteiger partial charge is 0.389 e. The van der Waals surface area contributed by atoms with Crippen LogP contribution in [0.5, 0.6) is 0 Å². The lowest BCUT2D eigenvalue weighted by atomic mass is 9.74. The molecule has 0 radical (unpaired) electrons. The average molecular weight is 423 g/mol. The number of aromatic amines is 1. The standard InChI is InChI=1S/C27H26N4O/c32-25-16-17-31(19-21(25)18-26-28-20-29-30-26)27(22-10-4-1-5-11-22,23-12-6-2-7-13-23)24-14-8-3-9-15-24/h1-15,18,20,25,32H,16-17,19H2,(H,28,29,30). The molecule has 1 aliphatic heterocycles. The van der Waals surface area contributed by atoms with Gasteiger partial charge in [0.15, 0.2) is 5.82 Å². The van der Waals surface area contributed by atoms with Gasteiger partial charge in [0, 0.05) is 13.1 Å². The maximum atomic E-state index is 10.8. The summed E-state index contributed by atoms with van der Waals surface area (Å²) in [5, 5.41) is 17.7.